The summed E-state index contributed by atoms with van der Waals surface area (Å²) in [6.45, 7) is 5.47. The fourth-order valence-corrected chi connectivity index (χ4v) is 3.49. The van der Waals surface area contributed by atoms with Gasteiger partial charge in [-0.25, -0.2) is 13.4 Å². The molecule has 0 aliphatic rings. The van der Waals surface area contributed by atoms with Crippen LogP contribution in [0.15, 0.2) is 33.8 Å². The van der Waals surface area contributed by atoms with Crippen molar-refractivity contribution in [1.82, 2.24) is 4.98 Å². The fraction of sp³-hybridized carbons (Fsp3) is 0.214. The van der Waals surface area contributed by atoms with Gasteiger partial charge in [0.05, 0.1) is 4.90 Å². The monoisotopic (exact) mass is 369 g/mol. The number of rotatable bonds is 3. The maximum Gasteiger partial charge on any atom is 0.263 e. The normalized spacial score (nSPS) is 11.4. The van der Waals surface area contributed by atoms with Gasteiger partial charge in [0, 0.05) is 16.4 Å². The summed E-state index contributed by atoms with van der Waals surface area (Å²) in [5, 5.41) is 0. The van der Waals surface area contributed by atoms with Gasteiger partial charge in [0.2, 0.25) is 0 Å². The zero-order chi connectivity index (χ0) is 15.8. The van der Waals surface area contributed by atoms with Crippen LogP contribution < -0.4 is 10.5 Å². The zero-order valence-corrected chi connectivity index (χ0v) is 14.3. The Hall–Kier alpha value is -1.60. The van der Waals surface area contributed by atoms with Crippen molar-refractivity contribution in [1.29, 1.82) is 0 Å². The molecule has 0 fully saturated rings. The third-order valence-corrected chi connectivity index (χ3v) is 5.02. The van der Waals surface area contributed by atoms with E-state index in [0.717, 1.165) is 21.2 Å². The first-order valence-corrected chi connectivity index (χ1v) is 8.50. The minimum atomic E-state index is -3.72. The van der Waals surface area contributed by atoms with Crippen LogP contribution in [0.25, 0.3) is 0 Å². The van der Waals surface area contributed by atoms with Crippen molar-refractivity contribution in [3.63, 3.8) is 0 Å². The third kappa shape index (κ3) is 3.36. The number of nitrogens with two attached hydrogens (primary N) is 1. The van der Waals surface area contributed by atoms with Gasteiger partial charge in [-0.05, 0) is 71.6 Å². The van der Waals surface area contributed by atoms with Crippen molar-refractivity contribution in [2.45, 2.75) is 25.7 Å². The van der Waals surface area contributed by atoms with Crippen LogP contribution in [0.5, 0.6) is 0 Å². The lowest BCUT2D eigenvalue weighted by atomic mass is 10.1. The number of hydrogen-bond acceptors (Lipinski definition) is 4. The summed E-state index contributed by atoms with van der Waals surface area (Å²) in [7, 11) is -3.72. The quantitative estimate of drug-likeness (QED) is 0.813. The highest BCUT2D eigenvalue weighted by Crippen LogP contribution is 2.24. The summed E-state index contributed by atoms with van der Waals surface area (Å²) in [5.74, 6) is 0.301. The molecule has 0 aliphatic heterocycles. The van der Waals surface area contributed by atoms with E-state index in [1.54, 1.807) is 25.3 Å². The molecular weight excluding hydrogens is 354 g/mol. The van der Waals surface area contributed by atoms with Crippen LogP contribution >= 0.6 is 15.9 Å². The molecule has 0 atom stereocenters. The van der Waals surface area contributed by atoms with Crippen molar-refractivity contribution in [3.8, 4) is 0 Å². The van der Waals surface area contributed by atoms with Crippen molar-refractivity contribution in [2.75, 3.05) is 10.5 Å². The molecule has 7 heteroatoms. The summed E-state index contributed by atoms with van der Waals surface area (Å²) in [5.41, 5.74) is 8.74. The summed E-state index contributed by atoms with van der Waals surface area (Å²) in [6, 6.07) is 4.85. The van der Waals surface area contributed by atoms with Crippen LogP contribution in [0.4, 0.5) is 11.5 Å². The second kappa shape index (κ2) is 5.65. The van der Waals surface area contributed by atoms with Gasteiger partial charge in [-0.3, -0.25) is 4.72 Å². The summed E-state index contributed by atoms with van der Waals surface area (Å²) < 4.78 is 28.2. The van der Waals surface area contributed by atoms with E-state index in [9.17, 15) is 8.42 Å². The molecule has 2 rings (SSSR count). The number of halogens is 1. The molecule has 0 saturated heterocycles. The number of nitrogens with one attached hydrogen (secondary N) is 1. The second-order valence-electron chi connectivity index (χ2n) is 4.88. The van der Waals surface area contributed by atoms with Gasteiger partial charge in [0.25, 0.3) is 10.0 Å². The van der Waals surface area contributed by atoms with Crippen LogP contribution in [0.1, 0.15) is 16.7 Å². The zero-order valence-electron chi connectivity index (χ0n) is 11.9. The van der Waals surface area contributed by atoms with E-state index in [-0.39, 0.29) is 4.90 Å². The lowest BCUT2D eigenvalue weighted by Gasteiger charge is -2.12. The SMILES string of the molecule is Cc1cc(Br)cnc1NS(=O)(=O)c1cc(C)c(C)c(N)c1. The molecule has 1 aromatic heterocycles. The Balaban J connectivity index is 2.43. The molecule has 0 aliphatic carbocycles. The highest BCUT2D eigenvalue weighted by Gasteiger charge is 2.18. The minimum Gasteiger partial charge on any atom is -0.398 e. The number of hydrogen-bond donors (Lipinski definition) is 2. The molecule has 5 nitrogen and oxygen atoms in total. The smallest absolute Gasteiger partial charge is 0.263 e. The van der Waals surface area contributed by atoms with Gasteiger partial charge in [0.1, 0.15) is 5.82 Å². The Morgan fingerprint density at radius 3 is 2.38 bits per heavy atom. The van der Waals surface area contributed by atoms with Gasteiger partial charge >= 0.3 is 0 Å². The summed E-state index contributed by atoms with van der Waals surface area (Å²) in [6.07, 6.45) is 1.54. The van der Waals surface area contributed by atoms with Crippen molar-refractivity contribution >= 4 is 37.5 Å². The van der Waals surface area contributed by atoms with Gasteiger partial charge in [-0.2, -0.15) is 0 Å². The van der Waals surface area contributed by atoms with Crippen LogP contribution in [0.2, 0.25) is 0 Å². The number of benzene rings is 1. The van der Waals surface area contributed by atoms with Gasteiger partial charge in [-0.1, -0.05) is 0 Å². The average molecular weight is 370 g/mol. The van der Waals surface area contributed by atoms with Crippen molar-refractivity contribution in [2.24, 2.45) is 0 Å². The van der Waals surface area contributed by atoms with E-state index in [2.05, 4.69) is 25.6 Å². The number of pyridine rings is 1. The number of aryl methyl sites for hydroxylation is 2. The van der Waals surface area contributed by atoms with Gasteiger partial charge in [0.15, 0.2) is 0 Å². The molecule has 0 spiro atoms. The molecule has 0 amide bonds. The minimum absolute atomic E-state index is 0.132. The standard InChI is InChI=1S/C14H16BrN3O2S/c1-8-5-12(6-13(16)10(8)3)21(19,20)18-14-9(2)4-11(15)7-17-14/h4-7H,16H2,1-3H3,(H,17,18). The third-order valence-electron chi connectivity index (χ3n) is 3.27. The van der Waals surface area contributed by atoms with Crippen LogP contribution in [-0.4, -0.2) is 13.4 Å². The number of nitrogens with zero attached hydrogens (tertiary/aromatic N) is 1. The highest BCUT2D eigenvalue weighted by molar-refractivity contribution is 9.10. The van der Waals surface area contributed by atoms with E-state index < -0.39 is 10.0 Å². The van der Waals surface area contributed by atoms with Crippen molar-refractivity contribution < 1.29 is 8.42 Å². The summed E-state index contributed by atoms with van der Waals surface area (Å²) in [4.78, 5) is 4.21. The lowest BCUT2D eigenvalue weighted by molar-refractivity contribution is 0.601. The molecule has 1 aromatic carbocycles. The second-order valence-corrected chi connectivity index (χ2v) is 7.48. The Morgan fingerprint density at radius 2 is 1.81 bits per heavy atom. The van der Waals surface area contributed by atoms with Crippen LogP contribution in [0.3, 0.4) is 0 Å². The Kier molecular flexibility index (Phi) is 4.25. The van der Waals surface area contributed by atoms with E-state index in [0.29, 0.717) is 11.5 Å². The number of anilines is 2. The lowest BCUT2D eigenvalue weighted by Crippen LogP contribution is -2.15. The van der Waals surface area contributed by atoms with E-state index >= 15 is 0 Å². The fourth-order valence-electron chi connectivity index (χ4n) is 1.84. The molecule has 3 N–H and O–H groups in total. The molecule has 21 heavy (non-hydrogen) atoms. The first-order chi connectivity index (χ1) is 9.70. The first-order valence-electron chi connectivity index (χ1n) is 6.22. The maximum atomic E-state index is 12.4. The number of sulfonamides is 1. The topological polar surface area (TPSA) is 85.1 Å². The molecule has 1 heterocycles. The molecular formula is C14H16BrN3O2S. The van der Waals surface area contributed by atoms with Crippen LogP contribution in [-0.2, 0) is 10.0 Å². The largest absolute Gasteiger partial charge is 0.398 e. The number of nitrogen functional groups attached to an aromatic ring is 1. The highest BCUT2D eigenvalue weighted by atomic mass is 79.9. The van der Waals surface area contributed by atoms with Crippen LogP contribution in [0, 0.1) is 20.8 Å². The Morgan fingerprint density at radius 1 is 1.14 bits per heavy atom. The molecule has 112 valence electrons. The predicted molar refractivity (Wildman–Crippen MR) is 87.8 cm³/mol. The van der Waals surface area contributed by atoms with Gasteiger partial charge in [-0.15, -0.1) is 0 Å². The van der Waals surface area contributed by atoms with Gasteiger partial charge < -0.3 is 5.73 Å². The van der Waals surface area contributed by atoms with E-state index in [1.807, 2.05) is 13.8 Å². The maximum absolute atomic E-state index is 12.4. The summed E-state index contributed by atoms with van der Waals surface area (Å²) >= 11 is 3.29. The average Bonchev–Trinajstić information content (AvgIpc) is 2.38. The Labute approximate surface area is 132 Å². The molecule has 0 unspecified atom stereocenters. The molecule has 0 bridgehead atoms. The Bertz CT molecular complexity index is 781. The number of aromatic nitrogens is 1. The van der Waals surface area contributed by atoms with E-state index in [4.69, 9.17) is 5.73 Å². The molecule has 2 aromatic rings. The predicted octanol–water partition coefficient (Wildman–Crippen LogP) is 3.15. The van der Waals surface area contributed by atoms with Crippen molar-refractivity contribution in [3.05, 3.63) is 45.6 Å². The molecule has 0 saturated carbocycles. The molecule has 0 radical (unpaired) electrons. The first kappa shape index (κ1) is 15.8. The van der Waals surface area contributed by atoms with E-state index in [1.165, 1.54) is 6.07 Å².